The van der Waals surface area contributed by atoms with Crippen molar-refractivity contribution >= 4 is 29.8 Å². The van der Waals surface area contributed by atoms with Crippen molar-refractivity contribution in [2.24, 2.45) is 11.5 Å². The molecule has 1 saturated carbocycles. The first-order valence-electron chi connectivity index (χ1n) is 11.9. The molecule has 1 aliphatic rings. The van der Waals surface area contributed by atoms with Gasteiger partial charge in [-0.1, -0.05) is 30.3 Å². The molecule has 1 aromatic carbocycles. The number of rotatable bonds is 8. The molecule has 0 bridgehead atoms. The molecule has 0 spiro atoms. The molecule has 0 amide bonds. The molecule has 1 unspecified atom stereocenters. The summed E-state index contributed by atoms with van der Waals surface area (Å²) in [6.45, 7) is 0.565. The van der Waals surface area contributed by atoms with Crippen molar-refractivity contribution in [1.29, 1.82) is 0 Å². The van der Waals surface area contributed by atoms with E-state index in [4.69, 9.17) is 16.5 Å². The molecule has 6 N–H and O–H groups in total. The number of aromatic nitrogens is 5. The van der Waals surface area contributed by atoms with Crippen molar-refractivity contribution in [2.45, 2.75) is 50.2 Å². The second kappa shape index (κ2) is 11.4. The van der Waals surface area contributed by atoms with E-state index in [0.29, 0.717) is 24.6 Å². The third-order valence-electron chi connectivity index (χ3n) is 6.42. The Balaban J connectivity index is 0.00000289. The van der Waals surface area contributed by atoms with E-state index in [9.17, 15) is 0 Å². The van der Waals surface area contributed by atoms with Gasteiger partial charge in [-0.05, 0) is 50.3 Å². The minimum atomic E-state index is 0. The lowest BCUT2D eigenvalue weighted by molar-refractivity contribution is 0.410. The molecule has 4 aromatic rings. The zero-order chi connectivity index (χ0) is 23.3. The molecule has 1 aliphatic carbocycles. The lowest BCUT2D eigenvalue weighted by Crippen LogP contribution is -2.33. The largest absolute Gasteiger partial charge is 0.364 e. The summed E-state index contributed by atoms with van der Waals surface area (Å²) in [5.41, 5.74) is 15.5. The van der Waals surface area contributed by atoms with Crippen molar-refractivity contribution in [1.82, 2.24) is 24.3 Å². The van der Waals surface area contributed by atoms with E-state index >= 15 is 0 Å². The van der Waals surface area contributed by atoms with Crippen LogP contribution in [0.25, 0.3) is 17.0 Å². The maximum absolute atomic E-state index is 6.06. The van der Waals surface area contributed by atoms with Gasteiger partial charge in [0.25, 0.3) is 0 Å². The van der Waals surface area contributed by atoms with E-state index in [0.717, 1.165) is 60.5 Å². The first-order valence-corrected chi connectivity index (χ1v) is 11.9. The van der Waals surface area contributed by atoms with Crippen molar-refractivity contribution in [2.75, 3.05) is 17.2 Å². The molecule has 5 rings (SSSR count). The van der Waals surface area contributed by atoms with E-state index in [1.807, 2.05) is 41.1 Å². The third-order valence-corrected chi connectivity index (χ3v) is 6.42. The van der Waals surface area contributed by atoms with Crippen molar-refractivity contribution in [3.05, 3.63) is 66.7 Å². The molecule has 35 heavy (non-hydrogen) atoms. The second-order valence-corrected chi connectivity index (χ2v) is 8.82. The van der Waals surface area contributed by atoms with Gasteiger partial charge in [-0.2, -0.15) is 0 Å². The maximum atomic E-state index is 6.06. The van der Waals surface area contributed by atoms with Crippen LogP contribution in [0.2, 0.25) is 0 Å². The highest BCUT2D eigenvalue weighted by Gasteiger charge is 2.20. The Morgan fingerprint density at radius 3 is 2.57 bits per heavy atom. The Bertz CT molecular complexity index is 1220. The van der Waals surface area contributed by atoms with Gasteiger partial charge in [0, 0.05) is 30.7 Å². The molecule has 184 valence electrons. The van der Waals surface area contributed by atoms with Crippen LogP contribution in [0.15, 0.2) is 61.2 Å². The quantitative estimate of drug-likeness (QED) is 0.291. The number of nitrogens with two attached hydrogens (primary N) is 2. The Hall–Kier alpha value is -3.27. The molecule has 1 fully saturated rings. The smallest absolute Gasteiger partial charge is 0.223 e. The molecule has 0 radical (unpaired) electrons. The highest BCUT2D eigenvalue weighted by molar-refractivity contribution is 5.85. The van der Waals surface area contributed by atoms with E-state index < -0.39 is 0 Å². The first-order chi connectivity index (χ1) is 16.7. The third kappa shape index (κ3) is 5.70. The first kappa shape index (κ1) is 24.8. The Morgan fingerprint density at radius 2 is 1.80 bits per heavy atom. The average molecular weight is 494 g/mol. The summed E-state index contributed by atoms with van der Waals surface area (Å²) in [4.78, 5) is 18.5. The van der Waals surface area contributed by atoms with Gasteiger partial charge in [0.1, 0.15) is 0 Å². The van der Waals surface area contributed by atoms with Crippen LogP contribution in [0.4, 0.5) is 11.8 Å². The van der Waals surface area contributed by atoms with E-state index in [1.165, 1.54) is 0 Å². The zero-order valence-corrected chi connectivity index (χ0v) is 20.4. The Morgan fingerprint density at radius 1 is 1.00 bits per heavy atom. The van der Waals surface area contributed by atoms with Gasteiger partial charge in [-0.25, -0.2) is 19.9 Å². The van der Waals surface area contributed by atoms with Gasteiger partial charge in [0.15, 0.2) is 11.5 Å². The zero-order valence-electron chi connectivity index (χ0n) is 19.5. The topological polar surface area (TPSA) is 132 Å². The Kier molecular flexibility index (Phi) is 8.12. The normalized spacial score (nSPS) is 18.6. The van der Waals surface area contributed by atoms with Gasteiger partial charge < -0.3 is 22.1 Å². The summed E-state index contributed by atoms with van der Waals surface area (Å²) in [6, 6.07) is 12.8. The van der Waals surface area contributed by atoms with Crippen LogP contribution in [0.3, 0.4) is 0 Å². The monoisotopic (exact) mass is 493 g/mol. The molecule has 1 atom stereocenters. The van der Waals surface area contributed by atoms with Crippen molar-refractivity contribution in [3.63, 3.8) is 0 Å². The van der Waals surface area contributed by atoms with Gasteiger partial charge >= 0.3 is 0 Å². The molecule has 0 aliphatic heterocycles. The number of nitrogens with one attached hydrogen (secondary N) is 2. The van der Waals surface area contributed by atoms with Crippen LogP contribution < -0.4 is 22.1 Å². The van der Waals surface area contributed by atoms with Crippen molar-refractivity contribution < 1.29 is 0 Å². The van der Waals surface area contributed by atoms with Crippen LogP contribution in [0.5, 0.6) is 0 Å². The van der Waals surface area contributed by atoms with Crippen LogP contribution in [0, 0.1) is 0 Å². The van der Waals surface area contributed by atoms with Crippen LogP contribution in [-0.4, -0.2) is 43.0 Å². The maximum Gasteiger partial charge on any atom is 0.223 e. The van der Waals surface area contributed by atoms with Gasteiger partial charge in [0.2, 0.25) is 5.95 Å². The number of halogens is 1. The lowest BCUT2D eigenvalue weighted by atomic mass is 9.92. The summed E-state index contributed by atoms with van der Waals surface area (Å²) in [5, 5.41) is 7.02. The number of hydrogen-bond donors (Lipinski definition) is 4. The van der Waals surface area contributed by atoms with Crippen LogP contribution in [-0.2, 0) is 0 Å². The van der Waals surface area contributed by atoms with Crippen molar-refractivity contribution in [3.8, 4) is 11.4 Å². The number of fused-ring (bicyclic) bond motifs is 1. The highest BCUT2D eigenvalue weighted by atomic mass is 35.5. The van der Waals surface area contributed by atoms with Crippen LogP contribution >= 0.6 is 12.4 Å². The van der Waals surface area contributed by atoms with Gasteiger partial charge in [-0.3, -0.25) is 4.40 Å². The number of hydrogen-bond acceptors (Lipinski definition) is 8. The molecule has 0 saturated heterocycles. The van der Waals surface area contributed by atoms with E-state index in [1.54, 1.807) is 12.4 Å². The summed E-state index contributed by atoms with van der Waals surface area (Å²) >= 11 is 0. The number of benzene rings is 1. The lowest BCUT2D eigenvalue weighted by Gasteiger charge is -2.27. The summed E-state index contributed by atoms with van der Waals surface area (Å²) in [5.74, 6) is 1.34. The van der Waals surface area contributed by atoms with Crippen LogP contribution in [0.1, 0.15) is 43.7 Å². The SMILES string of the molecule is Cl.NCCC(Nc1nccc(-c2cnc3c(NC4CCC(N)CC4)nccn23)n1)c1ccccc1. The molecule has 3 aromatic heterocycles. The highest BCUT2D eigenvalue weighted by Crippen LogP contribution is 2.26. The van der Waals surface area contributed by atoms with E-state index in [-0.39, 0.29) is 18.4 Å². The molecule has 3 heterocycles. The molecular formula is C25H32ClN9. The predicted octanol–water partition coefficient (Wildman–Crippen LogP) is 3.79. The second-order valence-electron chi connectivity index (χ2n) is 8.82. The minimum Gasteiger partial charge on any atom is -0.364 e. The number of anilines is 2. The summed E-state index contributed by atoms with van der Waals surface area (Å²) in [6.07, 6.45) is 12.2. The number of imidazole rings is 1. The minimum absolute atomic E-state index is 0. The van der Waals surface area contributed by atoms with Gasteiger partial charge in [0.05, 0.1) is 23.6 Å². The fourth-order valence-electron chi connectivity index (χ4n) is 4.57. The number of nitrogens with zero attached hydrogens (tertiary/aromatic N) is 5. The van der Waals surface area contributed by atoms with E-state index in [2.05, 4.69) is 37.7 Å². The standard InChI is InChI=1S/C25H31N9.ClH/c26-12-10-20(17-4-2-1-3-5-17)32-25-29-13-11-21(33-25)22-16-30-24-23(28-14-15-34(22)24)31-19-8-6-18(27)7-9-19;/h1-5,11,13-16,18-20H,6-10,12,26-27H2,(H,28,31)(H,29,32,33);1H. The Labute approximate surface area is 211 Å². The molecular weight excluding hydrogens is 462 g/mol. The fraction of sp³-hybridized carbons (Fsp3) is 0.360. The predicted molar refractivity (Wildman–Crippen MR) is 142 cm³/mol. The fourth-order valence-corrected chi connectivity index (χ4v) is 4.57. The molecule has 9 nitrogen and oxygen atoms in total. The summed E-state index contributed by atoms with van der Waals surface area (Å²) in [7, 11) is 0. The molecule has 10 heteroatoms. The average Bonchev–Trinajstić information content (AvgIpc) is 3.31. The summed E-state index contributed by atoms with van der Waals surface area (Å²) < 4.78 is 2.02. The van der Waals surface area contributed by atoms with Gasteiger partial charge in [-0.15, -0.1) is 12.4 Å².